The summed E-state index contributed by atoms with van der Waals surface area (Å²) >= 11 is 0. The number of hydrogen-bond acceptors (Lipinski definition) is 3. The summed E-state index contributed by atoms with van der Waals surface area (Å²) in [7, 11) is 0. The van der Waals surface area contributed by atoms with Gasteiger partial charge in [-0.15, -0.1) is 4.74 Å². The van der Waals surface area contributed by atoms with Crippen molar-refractivity contribution >= 4 is 5.91 Å². The van der Waals surface area contributed by atoms with E-state index in [9.17, 15) is 9.59 Å². The number of nitrogens with zero attached hydrogens (tertiary/aromatic N) is 1. The zero-order chi connectivity index (χ0) is 13.1. The van der Waals surface area contributed by atoms with Crippen LogP contribution >= 0.6 is 0 Å². The van der Waals surface area contributed by atoms with Crippen molar-refractivity contribution in [1.29, 1.82) is 0 Å². The van der Waals surface area contributed by atoms with Gasteiger partial charge in [0.25, 0.3) is 5.91 Å². The number of hydrogen-bond donors (Lipinski definition) is 0. The molecule has 94 valence electrons. The highest BCUT2D eigenvalue weighted by molar-refractivity contribution is 5.75. The number of aryl methyl sites for hydroxylation is 1. The van der Waals surface area contributed by atoms with E-state index in [0.29, 0.717) is 17.7 Å². The van der Waals surface area contributed by atoms with Gasteiger partial charge in [-0.25, -0.2) is 4.79 Å². The monoisotopic (exact) mass is 245 g/mol. The molecule has 0 aliphatic heterocycles. The molecule has 4 heteroatoms. The number of benzene rings is 1. The first kappa shape index (κ1) is 12.4. The van der Waals surface area contributed by atoms with Gasteiger partial charge < -0.3 is 4.52 Å². The molecule has 0 aliphatic rings. The Bertz CT molecular complexity index is 608. The van der Waals surface area contributed by atoms with Crippen LogP contribution in [-0.2, 0) is 12.8 Å². The van der Waals surface area contributed by atoms with Gasteiger partial charge >= 0.3 is 5.63 Å². The molecule has 1 aromatic heterocycles. The minimum atomic E-state index is -0.418. The van der Waals surface area contributed by atoms with Crippen LogP contribution in [0.15, 0.2) is 39.6 Å². The van der Waals surface area contributed by atoms with Crippen LogP contribution in [0.25, 0.3) is 0 Å². The highest BCUT2D eigenvalue weighted by Crippen LogP contribution is 2.09. The molecule has 1 aromatic carbocycles. The lowest BCUT2D eigenvalue weighted by Gasteiger charge is -2.00. The van der Waals surface area contributed by atoms with Crippen molar-refractivity contribution in [3.05, 3.63) is 57.6 Å². The van der Waals surface area contributed by atoms with Gasteiger partial charge in [-0.2, -0.15) is 0 Å². The normalized spacial score (nSPS) is 10.6. The number of aromatic nitrogens is 1. The van der Waals surface area contributed by atoms with Crippen molar-refractivity contribution in [2.75, 3.05) is 0 Å². The predicted octanol–water partition coefficient (Wildman–Crippen LogP) is 2.20. The predicted molar refractivity (Wildman–Crippen MR) is 67.9 cm³/mol. The van der Waals surface area contributed by atoms with Crippen molar-refractivity contribution in [2.24, 2.45) is 0 Å². The number of carbonyl (C=O) groups is 1. The van der Waals surface area contributed by atoms with Gasteiger partial charge in [-0.05, 0) is 25.3 Å². The zero-order valence-corrected chi connectivity index (χ0v) is 10.5. The van der Waals surface area contributed by atoms with E-state index in [1.807, 2.05) is 30.3 Å². The maximum atomic E-state index is 11.6. The molecular formula is C14H15NO3. The fourth-order valence-electron chi connectivity index (χ4n) is 1.97. The van der Waals surface area contributed by atoms with Crippen LogP contribution in [0.5, 0.6) is 0 Å². The molecule has 4 nitrogen and oxygen atoms in total. The van der Waals surface area contributed by atoms with Gasteiger partial charge in [0.15, 0.2) is 0 Å². The molecule has 0 bridgehead atoms. The van der Waals surface area contributed by atoms with Crippen LogP contribution in [0.4, 0.5) is 0 Å². The largest absolute Gasteiger partial charge is 0.361 e. The van der Waals surface area contributed by atoms with Crippen LogP contribution in [0, 0.1) is 6.92 Å². The van der Waals surface area contributed by atoms with E-state index in [1.54, 1.807) is 6.92 Å². The Morgan fingerprint density at radius 1 is 1.22 bits per heavy atom. The second-order valence-corrected chi connectivity index (χ2v) is 4.24. The number of rotatable bonds is 3. The average Bonchev–Trinajstić information content (AvgIpc) is 2.64. The third kappa shape index (κ3) is 2.42. The summed E-state index contributed by atoms with van der Waals surface area (Å²) in [4.78, 5) is 22.9. The highest BCUT2D eigenvalue weighted by atomic mass is 16.5. The molecule has 0 amide bonds. The fourth-order valence-corrected chi connectivity index (χ4v) is 1.97. The van der Waals surface area contributed by atoms with E-state index in [-0.39, 0.29) is 5.91 Å². The fraction of sp³-hybridized carbons (Fsp3) is 0.286. The van der Waals surface area contributed by atoms with Gasteiger partial charge in [-0.1, -0.05) is 30.3 Å². The van der Waals surface area contributed by atoms with E-state index in [4.69, 9.17) is 4.52 Å². The topological polar surface area (TPSA) is 52.2 Å². The Hall–Kier alpha value is -2.10. The first-order valence-corrected chi connectivity index (χ1v) is 5.86. The zero-order valence-electron chi connectivity index (χ0n) is 10.5. The summed E-state index contributed by atoms with van der Waals surface area (Å²) in [5, 5.41) is 0. The standard InChI is InChI=1S/C14H15NO3/c1-10-13(14(17)18-15(10)11(2)16)9-8-12-6-4-3-5-7-12/h3-7H,8-9H2,1-2H3. The summed E-state index contributed by atoms with van der Waals surface area (Å²) in [6, 6.07) is 9.91. The molecule has 1 heterocycles. The quantitative estimate of drug-likeness (QED) is 0.833. The van der Waals surface area contributed by atoms with E-state index < -0.39 is 5.63 Å². The molecule has 18 heavy (non-hydrogen) atoms. The second kappa shape index (κ2) is 5.04. The smallest absolute Gasteiger partial charge is 0.328 e. The maximum absolute atomic E-state index is 11.6. The molecule has 2 aromatic rings. The van der Waals surface area contributed by atoms with Crippen LogP contribution in [0.3, 0.4) is 0 Å². The molecule has 0 saturated heterocycles. The lowest BCUT2D eigenvalue weighted by Crippen LogP contribution is -2.06. The van der Waals surface area contributed by atoms with Gasteiger partial charge in [0, 0.05) is 6.92 Å². The van der Waals surface area contributed by atoms with Crippen LogP contribution < -0.4 is 5.63 Å². The maximum Gasteiger partial charge on any atom is 0.361 e. The van der Waals surface area contributed by atoms with E-state index in [0.717, 1.165) is 16.7 Å². The number of carbonyl (C=O) groups excluding carboxylic acids is 1. The van der Waals surface area contributed by atoms with Crippen molar-refractivity contribution in [2.45, 2.75) is 26.7 Å². The van der Waals surface area contributed by atoms with Gasteiger partial charge in [-0.3, -0.25) is 4.79 Å². The summed E-state index contributed by atoms with van der Waals surface area (Å²) in [6.07, 6.45) is 1.34. The molecule has 0 aliphatic carbocycles. The van der Waals surface area contributed by atoms with Crippen molar-refractivity contribution in [3.63, 3.8) is 0 Å². The summed E-state index contributed by atoms with van der Waals surface area (Å²) < 4.78 is 5.97. The Kier molecular flexibility index (Phi) is 3.46. The van der Waals surface area contributed by atoms with Crippen LogP contribution in [-0.4, -0.2) is 10.6 Å². The highest BCUT2D eigenvalue weighted by Gasteiger charge is 2.15. The van der Waals surface area contributed by atoms with Crippen LogP contribution in [0.2, 0.25) is 0 Å². The van der Waals surface area contributed by atoms with Crippen LogP contribution in [0.1, 0.15) is 28.5 Å². The molecule has 0 atom stereocenters. The lowest BCUT2D eigenvalue weighted by atomic mass is 10.1. The minimum absolute atomic E-state index is 0.282. The first-order chi connectivity index (χ1) is 8.59. The molecule has 0 unspecified atom stereocenters. The van der Waals surface area contributed by atoms with Crippen molar-refractivity contribution in [1.82, 2.24) is 4.74 Å². The first-order valence-electron chi connectivity index (χ1n) is 5.86. The Labute approximate surface area is 105 Å². The SMILES string of the molecule is CC(=O)n1oc(=O)c(CCc2ccccc2)c1C. The average molecular weight is 245 g/mol. The molecule has 0 N–H and O–H groups in total. The minimum Gasteiger partial charge on any atom is -0.328 e. The molecule has 0 spiro atoms. The third-order valence-electron chi connectivity index (χ3n) is 2.95. The van der Waals surface area contributed by atoms with Gasteiger partial charge in [0.2, 0.25) is 0 Å². The Morgan fingerprint density at radius 2 is 1.89 bits per heavy atom. The third-order valence-corrected chi connectivity index (χ3v) is 2.95. The molecule has 0 fully saturated rings. The second-order valence-electron chi connectivity index (χ2n) is 4.24. The summed E-state index contributed by atoms with van der Waals surface area (Å²) in [5.41, 5.74) is 1.92. The van der Waals surface area contributed by atoms with E-state index in [2.05, 4.69) is 0 Å². The van der Waals surface area contributed by atoms with Gasteiger partial charge in [0.1, 0.15) is 0 Å². The molecule has 0 radical (unpaired) electrons. The van der Waals surface area contributed by atoms with E-state index in [1.165, 1.54) is 6.92 Å². The van der Waals surface area contributed by atoms with Gasteiger partial charge in [0.05, 0.1) is 11.3 Å². The van der Waals surface area contributed by atoms with Crippen molar-refractivity contribution < 1.29 is 9.32 Å². The van der Waals surface area contributed by atoms with E-state index >= 15 is 0 Å². The molecule has 0 saturated carbocycles. The molecular weight excluding hydrogens is 230 g/mol. The Balaban J connectivity index is 2.20. The summed E-state index contributed by atoms with van der Waals surface area (Å²) in [5.74, 6) is -0.282. The Morgan fingerprint density at radius 3 is 2.44 bits per heavy atom. The lowest BCUT2D eigenvalue weighted by molar-refractivity contribution is 0.0807. The summed E-state index contributed by atoms with van der Waals surface area (Å²) in [6.45, 7) is 3.10. The van der Waals surface area contributed by atoms with Crippen molar-refractivity contribution in [3.8, 4) is 0 Å². The molecule has 2 rings (SSSR count).